The van der Waals surface area contributed by atoms with Gasteiger partial charge in [0.25, 0.3) is 5.91 Å². The Hall–Kier alpha value is -1.69. The molecule has 0 spiro atoms. The summed E-state index contributed by atoms with van der Waals surface area (Å²) in [5, 5.41) is 11.9. The monoisotopic (exact) mass is 284 g/mol. The van der Waals surface area contributed by atoms with Gasteiger partial charge in [-0.25, -0.2) is 8.78 Å². The fourth-order valence-electron chi connectivity index (χ4n) is 2.70. The number of nitrogen functional groups attached to an aromatic ring is 1. The summed E-state index contributed by atoms with van der Waals surface area (Å²) in [7, 11) is 0. The molecule has 1 saturated carbocycles. The summed E-state index contributed by atoms with van der Waals surface area (Å²) in [6.07, 6.45) is 2.92. The van der Waals surface area contributed by atoms with Gasteiger partial charge in [0.2, 0.25) is 0 Å². The highest BCUT2D eigenvalue weighted by molar-refractivity contribution is 5.99. The molecule has 1 aliphatic rings. The zero-order valence-electron chi connectivity index (χ0n) is 11.0. The highest BCUT2D eigenvalue weighted by Gasteiger charge is 2.27. The lowest BCUT2D eigenvalue weighted by atomic mass is 9.97. The molecule has 0 heterocycles. The van der Waals surface area contributed by atoms with Crippen molar-refractivity contribution in [1.29, 1.82) is 0 Å². The Bertz CT molecular complexity index is 508. The second kappa shape index (κ2) is 6.17. The SMILES string of the molecule is Nc1cc(F)c(F)cc1C(=O)NCC1CCCC1CO. The van der Waals surface area contributed by atoms with Crippen LogP contribution in [0.25, 0.3) is 0 Å². The highest BCUT2D eigenvalue weighted by Crippen LogP contribution is 2.30. The molecule has 1 aliphatic carbocycles. The Morgan fingerprint density at radius 1 is 1.30 bits per heavy atom. The number of nitrogens with two attached hydrogens (primary N) is 1. The van der Waals surface area contributed by atoms with E-state index >= 15 is 0 Å². The van der Waals surface area contributed by atoms with Crippen LogP contribution in [0.3, 0.4) is 0 Å². The normalized spacial score (nSPS) is 21.9. The van der Waals surface area contributed by atoms with Crippen molar-refractivity contribution in [3.05, 3.63) is 29.3 Å². The summed E-state index contributed by atoms with van der Waals surface area (Å²) < 4.78 is 26.1. The number of nitrogens with one attached hydrogen (secondary N) is 1. The third-order valence-electron chi connectivity index (χ3n) is 3.91. The van der Waals surface area contributed by atoms with Crippen molar-refractivity contribution in [1.82, 2.24) is 5.32 Å². The Morgan fingerprint density at radius 3 is 2.65 bits per heavy atom. The molecule has 1 aromatic rings. The Balaban J connectivity index is 2.00. The van der Waals surface area contributed by atoms with Crippen molar-refractivity contribution in [3.63, 3.8) is 0 Å². The number of carbonyl (C=O) groups excluding carboxylic acids is 1. The minimum atomic E-state index is -1.10. The number of benzene rings is 1. The van der Waals surface area contributed by atoms with Crippen molar-refractivity contribution in [2.45, 2.75) is 19.3 Å². The maximum absolute atomic E-state index is 13.1. The lowest BCUT2D eigenvalue weighted by Crippen LogP contribution is -2.32. The molecule has 1 amide bonds. The molecular weight excluding hydrogens is 266 g/mol. The Kier molecular flexibility index (Phi) is 4.54. The highest BCUT2D eigenvalue weighted by atomic mass is 19.2. The van der Waals surface area contributed by atoms with Crippen LogP contribution in [0.15, 0.2) is 12.1 Å². The summed E-state index contributed by atoms with van der Waals surface area (Å²) >= 11 is 0. The summed E-state index contributed by atoms with van der Waals surface area (Å²) in [6.45, 7) is 0.510. The van der Waals surface area contributed by atoms with E-state index in [9.17, 15) is 18.7 Å². The van der Waals surface area contributed by atoms with Crippen LogP contribution in [0, 0.1) is 23.5 Å². The molecule has 2 rings (SSSR count). The first-order valence-corrected chi connectivity index (χ1v) is 6.66. The number of carbonyl (C=O) groups is 1. The maximum atomic E-state index is 13.1. The molecular formula is C14H18F2N2O2. The molecule has 0 radical (unpaired) electrons. The number of anilines is 1. The third kappa shape index (κ3) is 3.07. The topological polar surface area (TPSA) is 75.4 Å². The molecule has 0 aromatic heterocycles. The average molecular weight is 284 g/mol. The van der Waals surface area contributed by atoms with Gasteiger partial charge in [-0.2, -0.15) is 0 Å². The van der Waals surface area contributed by atoms with E-state index in [2.05, 4.69) is 5.32 Å². The van der Waals surface area contributed by atoms with Gasteiger partial charge < -0.3 is 16.2 Å². The minimum absolute atomic E-state index is 0.0672. The van der Waals surface area contributed by atoms with E-state index in [1.807, 2.05) is 0 Å². The van der Waals surface area contributed by atoms with Crippen LogP contribution in [0.5, 0.6) is 0 Å². The van der Waals surface area contributed by atoms with Gasteiger partial charge in [0, 0.05) is 24.9 Å². The van der Waals surface area contributed by atoms with Crippen LogP contribution in [-0.4, -0.2) is 24.2 Å². The van der Waals surface area contributed by atoms with Crippen molar-refractivity contribution < 1.29 is 18.7 Å². The van der Waals surface area contributed by atoms with Crippen molar-refractivity contribution in [3.8, 4) is 0 Å². The summed E-state index contributed by atoms with van der Waals surface area (Å²) in [5.74, 6) is -2.29. The molecule has 2 unspecified atom stereocenters. The molecule has 20 heavy (non-hydrogen) atoms. The molecule has 0 bridgehead atoms. The largest absolute Gasteiger partial charge is 0.398 e. The standard InChI is InChI=1S/C14H18F2N2O2/c15-11-4-10(13(17)5-12(11)16)14(20)18-6-8-2-1-3-9(8)7-19/h4-5,8-9,19H,1-3,6-7,17H2,(H,18,20). The second-order valence-electron chi connectivity index (χ2n) is 5.20. The van der Waals surface area contributed by atoms with Gasteiger partial charge in [0.1, 0.15) is 0 Å². The molecule has 4 nitrogen and oxygen atoms in total. The first kappa shape index (κ1) is 14.7. The molecule has 4 N–H and O–H groups in total. The average Bonchev–Trinajstić information content (AvgIpc) is 2.87. The van der Waals surface area contributed by atoms with E-state index in [1.165, 1.54) is 0 Å². The number of hydrogen-bond donors (Lipinski definition) is 3. The number of halogens is 2. The van der Waals surface area contributed by atoms with Crippen LogP contribution < -0.4 is 11.1 Å². The van der Waals surface area contributed by atoms with E-state index in [0.717, 1.165) is 31.4 Å². The van der Waals surface area contributed by atoms with Crippen molar-refractivity contribution in [2.24, 2.45) is 11.8 Å². The van der Waals surface area contributed by atoms with Crippen molar-refractivity contribution >= 4 is 11.6 Å². The number of amides is 1. The molecule has 0 aliphatic heterocycles. The van der Waals surface area contributed by atoms with Gasteiger partial charge in [-0.1, -0.05) is 6.42 Å². The lowest BCUT2D eigenvalue weighted by Gasteiger charge is -2.18. The number of aliphatic hydroxyl groups excluding tert-OH is 1. The van der Waals surface area contributed by atoms with Gasteiger partial charge in [-0.15, -0.1) is 0 Å². The molecule has 110 valence electrons. The van der Waals surface area contributed by atoms with Crippen LogP contribution in [-0.2, 0) is 0 Å². The summed E-state index contributed by atoms with van der Waals surface area (Å²) in [5.41, 5.74) is 5.36. The summed E-state index contributed by atoms with van der Waals surface area (Å²) in [6, 6.07) is 1.61. The molecule has 0 saturated heterocycles. The Morgan fingerprint density at radius 2 is 1.95 bits per heavy atom. The minimum Gasteiger partial charge on any atom is -0.398 e. The number of hydrogen-bond acceptors (Lipinski definition) is 3. The molecule has 1 fully saturated rings. The zero-order chi connectivity index (χ0) is 14.7. The van der Waals surface area contributed by atoms with Gasteiger partial charge in [0.15, 0.2) is 11.6 Å². The zero-order valence-corrected chi connectivity index (χ0v) is 11.0. The van der Waals surface area contributed by atoms with Gasteiger partial charge in [-0.3, -0.25) is 4.79 Å². The van der Waals surface area contributed by atoms with Crippen LogP contribution in [0.2, 0.25) is 0 Å². The predicted octanol–water partition coefficient (Wildman–Crippen LogP) is 1.69. The number of aliphatic hydroxyl groups is 1. The Labute approximate surface area is 116 Å². The quantitative estimate of drug-likeness (QED) is 0.736. The molecule has 6 heteroatoms. The number of rotatable bonds is 4. The second-order valence-corrected chi connectivity index (χ2v) is 5.20. The third-order valence-corrected chi connectivity index (χ3v) is 3.91. The van der Waals surface area contributed by atoms with Crippen molar-refractivity contribution in [2.75, 3.05) is 18.9 Å². The van der Waals surface area contributed by atoms with E-state index in [1.54, 1.807) is 0 Å². The maximum Gasteiger partial charge on any atom is 0.253 e. The van der Waals surface area contributed by atoms with Crippen LogP contribution >= 0.6 is 0 Å². The molecule has 1 aromatic carbocycles. The van der Waals surface area contributed by atoms with E-state index in [4.69, 9.17) is 5.73 Å². The fourth-order valence-corrected chi connectivity index (χ4v) is 2.70. The van der Waals surface area contributed by atoms with E-state index in [0.29, 0.717) is 6.54 Å². The van der Waals surface area contributed by atoms with Crippen LogP contribution in [0.4, 0.5) is 14.5 Å². The molecule has 2 atom stereocenters. The first-order valence-electron chi connectivity index (χ1n) is 6.66. The first-order chi connectivity index (χ1) is 9.52. The van der Waals surface area contributed by atoms with Gasteiger partial charge in [-0.05, 0) is 30.7 Å². The fraction of sp³-hybridized carbons (Fsp3) is 0.500. The van der Waals surface area contributed by atoms with E-state index in [-0.39, 0.29) is 29.7 Å². The van der Waals surface area contributed by atoms with E-state index < -0.39 is 17.5 Å². The smallest absolute Gasteiger partial charge is 0.253 e. The summed E-state index contributed by atoms with van der Waals surface area (Å²) in [4.78, 5) is 11.9. The van der Waals surface area contributed by atoms with Crippen LogP contribution in [0.1, 0.15) is 29.6 Å². The predicted molar refractivity (Wildman–Crippen MR) is 71.0 cm³/mol. The lowest BCUT2D eigenvalue weighted by molar-refractivity contribution is 0.0938. The van der Waals surface area contributed by atoms with Gasteiger partial charge in [0.05, 0.1) is 5.56 Å². The van der Waals surface area contributed by atoms with Gasteiger partial charge >= 0.3 is 0 Å².